The first-order valence-electron chi connectivity index (χ1n) is 9.96. The Kier molecular flexibility index (Phi) is 4.83. The average Bonchev–Trinajstić information content (AvgIpc) is 3.24. The first-order valence-corrected chi connectivity index (χ1v) is 11.4. The van der Waals surface area contributed by atoms with Crippen LogP contribution in [0, 0.1) is 0 Å². The number of pyridine rings is 1. The van der Waals surface area contributed by atoms with E-state index in [2.05, 4.69) is 4.98 Å². The van der Waals surface area contributed by atoms with Crippen LogP contribution in [-0.2, 0) is 10.0 Å². The Bertz CT molecular complexity index is 1570. The number of para-hydroxylation sites is 2. The van der Waals surface area contributed by atoms with Crippen molar-refractivity contribution in [2.45, 2.75) is 4.90 Å². The van der Waals surface area contributed by atoms with Crippen LogP contribution in [0.3, 0.4) is 0 Å². The predicted molar refractivity (Wildman–Crippen MR) is 125 cm³/mol. The van der Waals surface area contributed by atoms with E-state index in [1.807, 2.05) is 48.5 Å². The molecule has 0 aliphatic rings. The summed E-state index contributed by atoms with van der Waals surface area (Å²) in [6, 6.07) is 21.8. The minimum Gasteiger partial charge on any atom is -0.493 e. The van der Waals surface area contributed by atoms with Crippen molar-refractivity contribution in [1.29, 1.82) is 0 Å². The van der Waals surface area contributed by atoms with Crippen LogP contribution < -0.4 is 9.47 Å². The van der Waals surface area contributed by atoms with Crippen molar-refractivity contribution in [2.75, 3.05) is 14.2 Å². The molecule has 0 N–H and O–H groups in total. The van der Waals surface area contributed by atoms with Gasteiger partial charge in [0.25, 0.3) is 10.0 Å². The topological polar surface area (TPSA) is 70.4 Å². The Morgan fingerprint density at radius 3 is 2.44 bits per heavy atom. The first-order chi connectivity index (χ1) is 15.5. The standard InChI is InChI=1S/C25H20N2O4S/c1-30-22-13-12-18(15-23(22)31-2)20-16-27(21-10-4-3-9-19(20)21)32(28,29)24-11-5-7-17-8-6-14-26-25(17)24/h3-16H,1-2H3. The van der Waals surface area contributed by atoms with Crippen molar-refractivity contribution >= 4 is 31.8 Å². The van der Waals surface area contributed by atoms with Crippen molar-refractivity contribution in [1.82, 2.24) is 8.96 Å². The van der Waals surface area contributed by atoms with E-state index in [9.17, 15) is 8.42 Å². The fourth-order valence-electron chi connectivity index (χ4n) is 3.97. The summed E-state index contributed by atoms with van der Waals surface area (Å²) in [7, 11) is -0.760. The van der Waals surface area contributed by atoms with Gasteiger partial charge in [0.05, 0.1) is 25.3 Å². The maximum atomic E-state index is 13.8. The number of methoxy groups -OCH3 is 2. The molecule has 0 atom stereocenters. The zero-order chi connectivity index (χ0) is 22.3. The molecule has 0 saturated carbocycles. The van der Waals surface area contributed by atoms with E-state index in [-0.39, 0.29) is 4.90 Å². The van der Waals surface area contributed by atoms with Crippen LogP contribution >= 0.6 is 0 Å². The average molecular weight is 445 g/mol. The zero-order valence-electron chi connectivity index (χ0n) is 17.5. The summed E-state index contributed by atoms with van der Waals surface area (Å²) in [5.74, 6) is 1.18. The molecule has 32 heavy (non-hydrogen) atoms. The summed E-state index contributed by atoms with van der Waals surface area (Å²) in [6.45, 7) is 0. The Morgan fingerprint density at radius 2 is 1.62 bits per heavy atom. The lowest BCUT2D eigenvalue weighted by Gasteiger charge is -2.10. The summed E-state index contributed by atoms with van der Waals surface area (Å²) in [5, 5.41) is 1.58. The van der Waals surface area contributed by atoms with Gasteiger partial charge < -0.3 is 9.47 Å². The molecule has 0 aliphatic carbocycles. The van der Waals surface area contributed by atoms with E-state index in [1.165, 1.54) is 3.97 Å². The molecule has 0 bridgehead atoms. The third kappa shape index (κ3) is 3.09. The van der Waals surface area contributed by atoms with Crippen LogP contribution in [0.15, 0.2) is 90.1 Å². The van der Waals surface area contributed by atoms with Crippen LogP contribution in [0.1, 0.15) is 0 Å². The molecule has 2 heterocycles. The number of hydrogen-bond acceptors (Lipinski definition) is 5. The molecule has 7 heteroatoms. The van der Waals surface area contributed by atoms with Crippen LogP contribution in [-0.4, -0.2) is 31.6 Å². The molecule has 0 spiro atoms. The van der Waals surface area contributed by atoms with E-state index in [4.69, 9.17) is 9.47 Å². The zero-order valence-corrected chi connectivity index (χ0v) is 18.3. The summed E-state index contributed by atoms with van der Waals surface area (Å²) in [5.41, 5.74) is 2.63. The van der Waals surface area contributed by atoms with Gasteiger partial charge in [-0.15, -0.1) is 0 Å². The van der Waals surface area contributed by atoms with Gasteiger partial charge in [-0.25, -0.2) is 12.4 Å². The molecular formula is C25H20N2O4S. The van der Waals surface area contributed by atoms with Crippen molar-refractivity contribution in [2.24, 2.45) is 0 Å². The highest BCUT2D eigenvalue weighted by atomic mass is 32.2. The molecule has 0 radical (unpaired) electrons. The highest BCUT2D eigenvalue weighted by molar-refractivity contribution is 7.90. The number of nitrogens with zero attached hydrogens (tertiary/aromatic N) is 2. The summed E-state index contributed by atoms with van der Waals surface area (Å²) in [6.07, 6.45) is 3.26. The predicted octanol–water partition coefficient (Wildman–Crippen LogP) is 5.11. The van der Waals surface area contributed by atoms with Gasteiger partial charge in [-0.2, -0.15) is 0 Å². The Morgan fingerprint density at radius 1 is 0.844 bits per heavy atom. The molecule has 0 aliphatic heterocycles. The van der Waals surface area contributed by atoms with Gasteiger partial charge in [0, 0.05) is 28.7 Å². The largest absolute Gasteiger partial charge is 0.493 e. The Hall–Kier alpha value is -3.84. The van der Waals surface area contributed by atoms with Gasteiger partial charge in [-0.05, 0) is 35.9 Å². The minimum atomic E-state index is -3.91. The molecule has 0 fully saturated rings. The maximum absolute atomic E-state index is 13.8. The SMILES string of the molecule is COc1ccc(-c2cn(S(=O)(=O)c3cccc4cccnc34)c3ccccc23)cc1OC. The van der Waals surface area contributed by atoms with E-state index >= 15 is 0 Å². The smallest absolute Gasteiger partial charge is 0.270 e. The van der Waals surface area contributed by atoms with E-state index < -0.39 is 10.0 Å². The number of fused-ring (bicyclic) bond motifs is 2. The van der Waals surface area contributed by atoms with Crippen molar-refractivity contribution in [3.05, 3.63) is 85.2 Å². The summed E-state index contributed by atoms with van der Waals surface area (Å²) < 4.78 is 39.7. The molecule has 2 aromatic heterocycles. The lowest BCUT2D eigenvalue weighted by Crippen LogP contribution is -2.12. The van der Waals surface area contributed by atoms with Crippen LogP contribution in [0.2, 0.25) is 0 Å². The van der Waals surface area contributed by atoms with E-state index in [0.717, 1.165) is 21.9 Å². The number of benzene rings is 3. The van der Waals surface area contributed by atoms with Gasteiger partial charge in [0.1, 0.15) is 4.90 Å². The van der Waals surface area contributed by atoms with Crippen molar-refractivity contribution in [3.8, 4) is 22.6 Å². The van der Waals surface area contributed by atoms with Gasteiger partial charge in [0.15, 0.2) is 11.5 Å². The monoisotopic (exact) mass is 444 g/mol. The van der Waals surface area contributed by atoms with Crippen LogP contribution in [0.5, 0.6) is 11.5 Å². The van der Waals surface area contributed by atoms with Crippen LogP contribution in [0.4, 0.5) is 0 Å². The van der Waals surface area contributed by atoms with Crippen molar-refractivity contribution < 1.29 is 17.9 Å². The molecule has 5 rings (SSSR count). The lowest BCUT2D eigenvalue weighted by molar-refractivity contribution is 0.355. The fraction of sp³-hybridized carbons (Fsp3) is 0.0800. The lowest BCUT2D eigenvalue weighted by atomic mass is 10.0. The van der Waals surface area contributed by atoms with Gasteiger partial charge in [0.2, 0.25) is 0 Å². The molecular weight excluding hydrogens is 424 g/mol. The molecule has 160 valence electrons. The first kappa shape index (κ1) is 20.1. The normalized spacial score (nSPS) is 11.7. The second-order valence-corrected chi connectivity index (χ2v) is 9.05. The maximum Gasteiger partial charge on any atom is 0.270 e. The fourth-order valence-corrected chi connectivity index (χ4v) is 5.51. The molecule has 0 unspecified atom stereocenters. The van der Waals surface area contributed by atoms with Crippen LogP contribution in [0.25, 0.3) is 32.9 Å². The highest BCUT2D eigenvalue weighted by Crippen LogP contribution is 2.38. The summed E-state index contributed by atoms with van der Waals surface area (Å²) in [4.78, 5) is 4.50. The Balaban J connectivity index is 1.77. The molecule has 0 amide bonds. The number of ether oxygens (including phenoxy) is 2. The van der Waals surface area contributed by atoms with Gasteiger partial charge in [-0.1, -0.05) is 42.5 Å². The third-order valence-electron chi connectivity index (χ3n) is 5.51. The van der Waals surface area contributed by atoms with Crippen molar-refractivity contribution in [3.63, 3.8) is 0 Å². The minimum absolute atomic E-state index is 0.162. The molecule has 6 nitrogen and oxygen atoms in total. The molecule has 3 aromatic carbocycles. The third-order valence-corrected chi connectivity index (χ3v) is 7.21. The number of rotatable bonds is 5. The Labute approximate surface area is 185 Å². The second-order valence-electron chi connectivity index (χ2n) is 7.26. The number of hydrogen-bond donors (Lipinski definition) is 0. The molecule has 0 saturated heterocycles. The molecule has 5 aromatic rings. The number of aromatic nitrogens is 2. The van der Waals surface area contributed by atoms with Gasteiger partial charge >= 0.3 is 0 Å². The quantitative estimate of drug-likeness (QED) is 0.377. The second kappa shape index (κ2) is 7.69. The van der Waals surface area contributed by atoms with E-state index in [0.29, 0.717) is 22.5 Å². The highest BCUT2D eigenvalue weighted by Gasteiger charge is 2.24. The van der Waals surface area contributed by atoms with Gasteiger partial charge in [-0.3, -0.25) is 4.98 Å². The summed E-state index contributed by atoms with van der Waals surface area (Å²) >= 11 is 0. The van der Waals surface area contributed by atoms with E-state index in [1.54, 1.807) is 50.9 Å².